The van der Waals surface area contributed by atoms with Gasteiger partial charge in [-0.05, 0) is 42.0 Å². The average molecular weight is 289 g/mol. The van der Waals surface area contributed by atoms with Gasteiger partial charge in [0.25, 0.3) is 0 Å². The maximum Gasteiger partial charge on any atom is 0.138 e. The molecule has 4 aromatic rings. The molecule has 0 saturated heterocycles. The van der Waals surface area contributed by atoms with Crippen LogP contribution in [0.5, 0.6) is 0 Å². The normalized spacial score (nSPS) is 11.0. The van der Waals surface area contributed by atoms with Crippen LogP contribution in [-0.2, 0) is 0 Å². The van der Waals surface area contributed by atoms with Gasteiger partial charge < -0.3 is 4.98 Å². The number of aromatic amines is 1. The number of halogens is 1. The molecule has 0 amide bonds. The zero-order chi connectivity index (χ0) is 14.9. The molecule has 0 aliphatic rings. The van der Waals surface area contributed by atoms with Gasteiger partial charge in [0.2, 0.25) is 0 Å². The molecule has 0 saturated carbocycles. The molecule has 1 aromatic carbocycles. The fourth-order valence-electron chi connectivity index (χ4n) is 2.67. The van der Waals surface area contributed by atoms with Gasteiger partial charge in [-0.2, -0.15) is 0 Å². The van der Waals surface area contributed by atoms with Crippen molar-refractivity contribution in [1.29, 1.82) is 0 Å². The Morgan fingerprint density at radius 1 is 0.818 bits per heavy atom. The summed E-state index contributed by atoms with van der Waals surface area (Å²) < 4.78 is 13.2. The van der Waals surface area contributed by atoms with E-state index >= 15 is 0 Å². The van der Waals surface area contributed by atoms with Gasteiger partial charge in [-0.15, -0.1) is 0 Å². The van der Waals surface area contributed by atoms with Crippen LogP contribution in [0.1, 0.15) is 0 Å². The van der Waals surface area contributed by atoms with Crippen molar-refractivity contribution in [1.82, 2.24) is 15.0 Å². The van der Waals surface area contributed by atoms with Crippen LogP contribution < -0.4 is 0 Å². The summed E-state index contributed by atoms with van der Waals surface area (Å²) in [5.74, 6) is -0.243. The topological polar surface area (TPSA) is 41.6 Å². The molecule has 4 rings (SSSR count). The van der Waals surface area contributed by atoms with Crippen molar-refractivity contribution in [3.63, 3.8) is 0 Å². The first-order valence-electron chi connectivity index (χ1n) is 6.96. The highest BCUT2D eigenvalue weighted by atomic mass is 19.1. The smallest absolute Gasteiger partial charge is 0.138 e. The molecular weight excluding hydrogens is 277 g/mol. The largest absolute Gasteiger partial charge is 0.339 e. The minimum absolute atomic E-state index is 0.243. The number of rotatable bonds is 2. The molecule has 3 aromatic heterocycles. The number of H-pyrrole nitrogens is 1. The average Bonchev–Trinajstić information content (AvgIpc) is 2.96. The molecule has 0 radical (unpaired) electrons. The van der Waals surface area contributed by atoms with E-state index in [0.717, 1.165) is 33.4 Å². The van der Waals surface area contributed by atoms with Gasteiger partial charge in [0.15, 0.2) is 0 Å². The van der Waals surface area contributed by atoms with Crippen LogP contribution in [0.15, 0.2) is 67.1 Å². The van der Waals surface area contributed by atoms with E-state index in [9.17, 15) is 4.39 Å². The van der Waals surface area contributed by atoms with Gasteiger partial charge in [0, 0.05) is 35.1 Å². The third-order valence-corrected chi connectivity index (χ3v) is 3.67. The molecule has 0 unspecified atom stereocenters. The van der Waals surface area contributed by atoms with Gasteiger partial charge in [0.1, 0.15) is 11.5 Å². The van der Waals surface area contributed by atoms with Gasteiger partial charge in [-0.25, -0.2) is 9.37 Å². The fraction of sp³-hybridized carbons (Fsp3) is 0. The summed E-state index contributed by atoms with van der Waals surface area (Å²) in [6, 6.07) is 14.3. The number of fused-ring (bicyclic) bond motifs is 1. The van der Waals surface area contributed by atoms with E-state index in [-0.39, 0.29) is 5.82 Å². The van der Waals surface area contributed by atoms with Gasteiger partial charge >= 0.3 is 0 Å². The predicted molar refractivity (Wildman–Crippen MR) is 84.7 cm³/mol. The van der Waals surface area contributed by atoms with E-state index in [2.05, 4.69) is 15.0 Å². The highest BCUT2D eigenvalue weighted by molar-refractivity contribution is 6.02. The number of hydrogen-bond acceptors (Lipinski definition) is 2. The molecule has 106 valence electrons. The summed E-state index contributed by atoms with van der Waals surface area (Å²) in [5, 5.41) is 1.01. The lowest BCUT2D eigenvalue weighted by atomic mass is 9.99. The Hall–Kier alpha value is -3.01. The Labute approximate surface area is 126 Å². The number of nitrogens with one attached hydrogen (secondary N) is 1. The van der Waals surface area contributed by atoms with E-state index in [1.165, 1.54) is 12.1 Å². The molecule has 4 heteroatoms. The number of aromatic nitrogens is 3. The molecule has 0 aliphatic carbocycles. The molecule has 1 N–H and O–H groups in total. The lowest BCUT2D eigenvalue weighted by Gasteiger charge is -2.05. The minimum atomic E-state index is -0.243. The lowest BCUT2D eigenvalue weighted by molar-refractivity contribution is 0.628. The van der Waals surface area contributed by atoms with Crippen LogP contribution in [0.25, 0.3) is 33.4 Å². The molecular formula is C18H12FN3. The number of hydrogen-bond donors (Lipinski definition) is 1. The van der Waals surface area contributed by atoms with E-state index in [0.29, 0.717) is 0 Å². The van der Waals surface area contributed by atoms with Crippen LogP contribution in [0.2, 0.25) is 0 Å². The first kappa shape index (κ1) is 12.7. The quantitative estimate of drug-likeness (QED) is 0.593. The third kappa shape index (κ3) is 2.05. The zero-order valence-corrected chi connectivity index (χ0v) is 11.6. The predicted octanol–water partition coefficient (Wildman–Crippen LogP) is 4.43. The van der Waals surface area contributed by atoms with E-state index in [1.54, 1.807) is 30.7 Å². The molecule has 0 fully saturated rings. The monoisotopic (exact) mass is 289 g/mol. The van der Waals surface area contributed by atoms with Gasteiger partial charge in [-0.1, -0.05) is 12.1 Å². The second-order valence-electron chi connectivity index (χ2n) is 5.02. The number of pyridine rings is 2. The maximum atomic E-state index is 13.2. The minimum Gasteiger partial charge on any atom is -0.339 e. The van der Waals surface area contributed by atoms with Crippen LogP contribution in [0.3, 0.4) is 0 Å². The highest BCUT2D eigenvalue weighted by Crippen LogP contribution is 2.37. The van der Waals surface area contributed by atoms with E-state index in [1.807, 2.05) is 24.3 Å². The van der Waals surface area contributed by atoms with Crippen LogP contribution in [-0.4, -0.2) is 15.0 Å². The maximum absolute atomic E-state index is 13.2. The lowest BCUT2D eigenvalue weighted by Crippen LogP contribution is -1.84. The number of nitrogens with zero attached hydrogens (tertiary/aromatic N) is 2. The summed E-state index contributed by atoms with van der Waals surface area (Å²) >= 11 is 0. The molecule has 3 heterocycles. The highest BCUT2D eigenvalue weighted by Gasteiger charge is 2.15. The Morgan fingerprint density at radius 3 is 2.36 bits per heavy atom. The molecule has 22 heavy (non-hydrogen) atoms. The van der Waals surface area contributed by atoms with Gasteiger partial charge in [-0.3, -0.25) is 4.98 Å². The van der Waals surface area contributed by atoms with Crippen molar-refractivity contribution >= 4 is 11.0 Å². The van der Waals surface area contributed by atoms with Crippen LogP contribution in [0.4, 0.5) is 4.39 Å². The summed E-state index contributed by atoms with van der Waals surface area (Å²) in [4.78, 5) is 11.8. The van der Waals surface area contributed by atoms with E-state index < -0.39 is 0 Å². The fourth-order valence-corrected chi connectivity index (χ4v) is 2.67. The summed E-state index contributed by atoms with van der Waals surface area (Å²) in [5.41, 5.74) is 4.77. The Morgan fingerprint density at radius 2 is 1.59 bits per heavy atom. The third-order valence-electron chi connectivity index (χ3n) is 3.67. The first-order valence-corrected chi connectivity index (χ1v) is 6.96. The van der Waals surface area contributed by atoms with Crippen molar-refractivity contribution in [3.05, 3.63) is 72.9 Å². The van der Waals surface area contributed by atoms with Crippen molar-refractivity contribution in [2.75, 3.05) is 0 Å². The van der Waals surface area contributed by atoms with Gasteiger partial charge in [0.05, 0.1) is 5.69 Å². The van der Waals surface area contributed by atoms with Crippen molar-refractivity contribution < 1.29 is 4.39 Å². The SMILES string of the molecule is Fc1ccc(-c2c(-c3ccncc3)[nH]c3ncccc23)cc1. The molecule has 0 aliphatic heterocycles. The Bertz CT molecular complexity index is 928. The van der Waals surface area contributed by atoms with Crippen LogP contribution >= 0.6 is 0 Å². The molecule has 3 nitrogen and oxygen atoms in total. The first-order chi connectivity index (χ1) is 10.8. The number of benzene rings is 1. The molecule has 0 atom stereocenters. The zero-order valence-electron chi connectivity index (χ0n) is 11.6. The van der Waals surface area contributed by atoms with Crippen LogP contribution in [0, 0.1) is 5.82 Å². The summed E-state index contributed by atoms with van der Waals surface area (Å²) in [6.45, 7) is 0. The Balaban J connectivity index is 2.04. The second kappa shape index (κ2) is 5.07. The summed E-state index contributed by atoms with van der Waals surface area (Å²) in [7, 11) is 0. The van der Waals surface area contributed by atoms with Crippen molar-refractivity contribution in [2.45, 2.75) is 0 Å². The standard InChI is InChI=1S/C18H12FN3/c19-14-5-3-12(4-6-14)16-15-2-1-9-21-18(15)22-17(16)13-7-10-20-11-8-13/h1-11H,(H,21,22). The van der Waals surface area contributed by atoms with Crippen molar-refractivity contribution in [3.8, 4) is 22.4 Å². The molecule has 0 spiro atoms. The van der Waals surface area contributed by atoms with E-state index in [4.69, 9.17) is 0 Å². The summed E-state index contributed by atoms with van der Waals surface area (Å²) in [6.07, 6.45) is 5.26. The van der Waals surface area contributed by atoms with Crippen molar-refractivity contribution in [2.24, 2.45) is 0 Å². The second-order valence-corrected chi connectivity index (χ2v) is 5.02. The molecule has 0 bridgehead atoms. The Kier molecular flexibility index (Phi) is 2.93.